The molecule has 0 saturated heterocycles. The number of hydrogen-bond donors (Lipinski definition) is 3. The first-order chi connectivity index (χ1) is 16.4. The van der Waals surface area contributed by atoms with E-state index < -0.39 is 5.91 Å². The molecule has 2 amide bonds. The predicted octanol–water partition coefficient (Wildman–Crippen LogP) is 4.74. The van der Waals surface area contributed by atoms with Crippen LogP contribution in [0.4, 0.5) is 17.1 Å². The maximum absolute atomic E-state index is 13.0. The molecule has 174 valence electrons. The van der Waals surface area contributed by atoms with Crippen LogP contribution in [0.15, 0.2) is 70.8 Å². The van der Waals surface area contributed by atoms with Crippen molar-refractivity contribution in [1.29, 1.82) is 0 Å². The third-order valence-corrected chi connectivity index (χ3v) is 6.59. The van der Waals surface area contributed by atoms with E-state index in [-0.39, 0.29) is 17.2 Å². The van der Waals surface area contributed by atoms with Crippen molar-refractivity contribution < 1.29 is 9.59 Å². The van der Waals surface area contributed by atoms with Crippen LogP contribution in [0, 0.1) is 6.92 Å². The standard InChI is InChI=1S/C24H23N5O3S2/c1-15-21(24(32)29(28(15)2)19-10-5-4-6-11-19)26-22(30)16-12-20(34-14-16)23(31)25-17-8-7-9-18(13-17)27-33-3/h4-14,27H,1-3H3,(H,25,31)(H,26,30). The number of rotatable bonds is 7. The molecule has 10 heteroatoms. The number of carbonyl (C=O) groups is 2. The molecule has 0 atom stereocenters. The highest BCUT2D eigenvalue weighted by atomic mass is 32.2. The van der Waals surface area contributed by atoms with Gasteiger partial charge in [-0.25, -0.2) is 4.68 Å². The summed E-state index contributed by atoms with van der Waals surface area (Å²) in [4.78, 5) is 39.0. The van der Waals surface area contributed by atoms with Gasteiger partial charge in [-0.2, -0.15) is 0 Å². The first kappa shape index (κ1) is 23.4. The highest BCUT2D eigenvalue weighted by Crippen LogP contribution is 2.22. The molecule has 0 fully saturated rings. The van der Waals surface area contributed by atoms with Gasteiger partial charge in [0.2, 0.25) is 0 Å². The Morgan fingerprint density at radius 2 is 1.68 bits per heavy atom. The summed E-state index contributed by atoms with van der Waals surface area (Å²) in [6.45, 7) is 1.77. The largest absolute Gasteiger partial charge is 0.330 e. The number of thiophene rings is 1. The molecule has 0 aliphatic carbocycles. The Hall–Kier alpha value is -3.76. The number of anilines is 3. The van der Waals surface area contributed by atoms with Crippen molar-refractivity contribution in [2.45, 2.75) is 6.92 Å². The minimum absolute atomic E-state index is 0.201. The van der Waals surface area contributed by atoms with E-state index in [0.29, 0.717) is 27.5 Å². The van der Waals surface area contributed by atoms with Crippen molar-refractivity contribution in [3.05, 3.63) is 92.5 Å². The third kappa shape index (κ3) is 4.78. The summed E-state index contributed by atoms with van der Waals surface area (Å²) in [6.07, 6.45) is 1.91. The molecule has 4 aromatic rings. The Balaban J connectivity index is 1.51. The van der Waals surface area contributed by atoms with Crippen LogP contribution >= 0.6 is 23.3 Å². The Bertz CT molecular complexity index is 1410. The first-order valence-corrected chi connectivity index (χ1v) is 12.4. The number of nitrogens with zero attached hydrogens (tertiary/aromatic N) is 2. The van der Waals surface area contributed by atoms with Crippen LogP contribution in [0.2, 0.25) is 0 Å². The van der Waals surface area contributed by atoms with Gasteiger partial charge >= 0.3 is 0 Å². The van der Waals surface area contributed by atoms with E-state index in [1.54, 1.807) is 30.1 Å². The van der Waals surface area contributed by atoms with E-state index in [2.05, 4.69) is 15.4 Å². The van der Waals surface area contributed by atoms with Gasteiger partial charge in [-0.3, -0.25) is 19.1 Å². The Kier molecular flexibility index (Phi) is 6.90. The highest BCUT2D eigenvalue weighted by molar-refractivity contribution is 7.99. The second kappa shape index (κ2) is 10.0. The lowest BCUT2D eigenvalue weighted by Crippen LogP contribution is -2.22. The molecule has 4 rings (SSSR count). The Labute approximate surface area is 204 Å². The molecule has 0 aliphatic rings. The lowest BCUT2D eigenvalue weighted by Gasteiger charge is -2.07. The van der Waals surface area contributed by atoms with E-state index in [9.17, 15) is 14.4 Å². The smallest absolute Gasteiger partial charge is 0.295 e. The monoisotopic (exact) mass is 493 g/mol. The maximum Gasteiger partial charge on any atom is 0.295 e. The van der Waals surface area contributed by atoms with Crippen molar-refractivity contribution in [3.8, 4) is 5.69 Å². The molecule has 3 N–H and O–H groups in total. The summed E-state index contributed by atoms with van der Waals surface area (Å²) in [5.74, 6) is -0.764. The summed E-state index contributed by atoms with van der Waals surface area (Å²) in [5, 5.41) is 7.16. The summed E-state index contributed by atoms with van der Waals surface area (Å²) < 4.78 is 6.31. The van der Waals surface area contributed by atoms with Gasteiger partial charge in [0.25, 0.3) is 17.4 Å². The average Bonchev–Trinajstić information content (AvgIpc) is 3.40. The fraction of sp³-hybridized carbons (Fsp3) is 0.125. The van der Waals surface area contributed by atoms with Gasteiger partial charge in [-0.15, -0.1) is 11.3 Å². The van der Waals surface area contributed by atoms with Gasteiger partial charge in [0.15, 0.2) is 0 Å². The second-order valence-electron chi connectivity index (χ2n) is 7.43. The average molecular weight is 494 g/mol. The molecule has 0 spiro atoms. The summed E-state index contributed by atoms with van der Waals surface area (Å²) >= 11 is 2.62. The fourth-order valence-electron chi connectivity index (χ4n) is 3.44. The van der Waals surface area contributed by atoms with Crippen LogP contribution in [-0.4, -0.2) is 27.4 Å². The summed E-state index contributed by atoms with van der Waals surface area (Å²) in [6, 6.07) is 18.1. The van der Waals surface area contributed by atoms with Crippen LogP contribution in [-0.2, 0) is 7.05 Å². The number of benzene rings is 2. The molecule has 0 bridgehead atoms. The fourth-order valence-corrected chi connectivity index (χ4v) is 4.59. The molecule has 2 aromatic heterocycles. The molecular weight excluding hydrogens is 470 g/mol. The molecule has 0 radical (unpaired) electrons. The molecule has 34 heavy (non-hydrogen) atoms. The van der Waals surface area contributed by atoms with Gasteiger partial charge < -0.3 is 15.4 Å². The van der Waals surface area contributed by atoms with Crippen molar-refractivity contribution >= 4 is 52.2 Å². The molecule has 0 unspecified atom stereocenters. The minimum Gasteiger partial charge on any atom is -0.330 e. The predicted molar refractivity (Wildman–Crippen MR) is 140 cm³/mol. The number of nitrogens with one attached hydrogen (secondary N) is 3. The molecule has 2 heterocycles. The number of para-hydroxylation sites is 1. The molecular formula is C24H23N5O3S2. The molecule has 0 saturated carbocycles. The van der Waals surface area contributed by atoms with E-state index in [1.165, 1.54) is 22.7 Å². The van der Waals surface area contributed by atoms with Crippen LogP contribution in [0.25, 0.3) is 5.69 Å². The van der Waals surface area contributed by atoms with Crippen molar-refractivity contribution in [1.82, 2.24) is 9.36 Å². The zero-order valence-electron chi connectivity index (χ0n) is 18.8. The van der Waals surface area contributed by atoms with Gasteiger partial charge in [0.1, 0.15) is 5.69 Å². The van der Waals surface area contributed by atoms with E-state index in [0.717, 1.165) is 17.0 Å². The lowest BCUT2D eigenvalue weighted by molar-refractivity contribution is 0.102. The number of carbonyl (C=O) groups excluding carboxylic acids is 2. The van der Waals surface area contributed by atoms with E-state index >= 15 is 0 Å². The SMILES string of the molecule is CSNc1cccc(NC(=O)c2cc(C(=O)Nc3c(C)n(C)n(-c4ccccc4)c3=O)cs2)c1. The third-order valence-electron chi connectivity index (χ3n) is 5.22. The molecule has 8 nitrogen and oxygen atoms in total. The topological polar surface area (TPSA) is 97.2 Å². The zero-order chi connectivity index (χ0) is 24.2. The lowest BCUT2D eigenvalue weighted by atomic mass is 10.2. The van der Waals surface area contributed by atoms with Crippen LogP contribution in [0.1, 0.15) is 25.7 Å². The summed E-state index contributed by atoms with van der Waals surface area (Å²) in [7, 11) is 1.76. The van der Waals surface area contributed by atoms with Crippen LogP contribution < -0.4 is 20.9 Å². The second-order valence-corrected chi connectivity index (χ2v) is 8.95. The number of hydrogen-bond acceptors (Lipinski definition) is 6. The van der Waals surface area contributed by atoms with Crippen molar-refractivity contribution in [2.24, 2.45) is 7.05 Å². The van der Waals surface area contributed by atoms with E-state index in [4.69, 9.17) is 0 Å². The van der Waals surface area contributed by atoms with Crippen molar-refractivity contribution in [2.75, 3.05) is 21.6 Å². The molecule has 2 aromatic carbocycles. The van der Waals surface area contributed by atoms with Crippen LogP contribution in [0.5, 0.6) is 0 Å². The van der Waals surface area contributed by atoms with Crippen LogP contribution in [0.3, 0.4) is 0 Å². The zero-order valence-corrected chi connectivity index (χ0v) is 20.4. The number of amides is 2. The van der Waals surface area contributed by atoms with Gasteiger partial charge in [0.05, 0.1) is 21.8 Å². The van der Waals surface area contributed by atoms with Gasteiger partial charge in [0, 0.05) is 30.1 Å². The van der Waals surface area contributed by atoms with E-state index in [1.807, 2.05) is 54.8 Å². The minimum atomic E-state index is -0.451. The first-order valence-electron chi connectivity index (χ1n) is 10.3. The molecule has 0 aliphatic heterocycles. The maximum atomic E-state index is 13.0. The Morgan fingerprint density at radius 1 is 0.941 bits per heavy atom. The van der Waals surface area contributed by atoms with Crippen molar-refractivity contribution in [3.63, 3.8) is 0 Å². The number of aromatic nitrogens is 2. The highest BCUT2D eigenvalue weighted by Gasteiger charge is 2.20. The van der Waals surface area contributed by atoms with Gasteiger partial charge in [-0.05, 0) is 43.3 Å². The normalized spacial score (nSPS) is 10.7. The summed E-state index contributed by atoms with van der Waals surface area (Å²) in [5.41, 5.74) is 3.01. The van der Waals surface area contributed by atoms with Gasteiger partial charge in [-0.1, -0.05) is 36.2 Å². The Morgan fingerprint density at radius 3 is 2.41 bits per heavy atom. The quantitative estimate of drug-likeness (QED) is 0.323.